The highest BCUT2D eigenvalue weighted by atomic mass is 15.1. The zero-order chi connectivity index (χ0) is 36.5. The average Bonchev–Trinajstić information content (AvgIpc) is 3.58. The van der Waals surface area contributed by atoms with Gasteiger partial charge in [-0.25, -0.2) is 4.98 Å². The Morgan fingerprint density at radius 3 is 1.78 bits per heavy atom. The zero-order valence-electron chi connectivity index (χ0n) is 29.6. The first kappa shape index (κ1) is 31.0. The first-order valence-corrected chi connectivity index (χ1v) is 18.5. The van der Waals surface area contributed by atoms with Crippen molar-refractivity contribution in [3.63, 3.8) is 0 Å². The molecule has 0 N–H and O–H groups in total. The smallest absolute Gasteiger partial charge is 0.138 e. The summed E-state index contributed by atoms with van der Waals surface area (Å²) in [5.74, 6) is 0.846. The Morgan fingerprint density at radius 1 is 0.455 bits per heavy atom. The molecule has 3 aromatic heterocycles. The van der Waals surface area contributed by atoms with Gasteiger partial charge in [-0.2, -0.15) is 5.26 Å². The van der Waals surface area contributed by atoms with Gasteiger partial charge in [-0.15, -0.1) is 0 Å². The molecule has 0 aliphatic carbocycles. The van der Waals surface area contributed by atoms with E-state index in [1.54, 1.807) is 0 Å². The fourth-order valence-corrected chi connectivity index (χ4v) is 8.70. The Bertz CT molecular complexity index is 3330. The van der Waals surface area contributed by atoms with Gasteiger partial charge in [-0.05, 0) is 115 Å². The third-order valence-electron chi connectivity index (χ3n) is 11.1. The summed E-state index contributed by atoms with van der Waals surface area (Å²) in [4.78, 5) is 9.52. The van der Waals surface area contributed by atoms with Gasteiger partial charge < -0.3 is 0 Å². The topological polar surface area (TPSA) is 54.5 Å². The third kappa shape index (κ3) is 4.77. The predicted molar refractivity (Wildman–Crippen MR) is 227 cm³/mol. The number of fused-ring (bicyclic) bond motifs is 7. The molecule has 55 heavy (non-hydrogen) atoms. The Labute approximate surface area is 316 Å². The van der Waals surface area contributed by atoms with Crippen LogP contribution in [0.1, 0.15) is 5.56 Å². The van der Waals surface area contributed by atoms with Gasteiger partial charge in [0.05, 0.1) is 28.2 Å². The van der Waals surface area contributed by atoms with Crippen LogP contribution in [0.5, 0.6) is 0 Å². The molecule has 8 aromatic carbocycles. The summed E-state index contributed by atoms with van der Waals surface area (Å²) >= 11 is 0. The summed E-state index contributed by atoms with van der Waals surface area (Å²) in [6.45, 7) is 0. The second-order valence-corrected chi connectivity index (χ2v) is 14.1. The van der Waals surface area contributed by atoms with Gasteiger partial charge in [0.2, 0.25) is 0 Å². The minimum Gasteiger partial charge on any atom is -0.294 e. The van der Waals surface area contributed by atoms with Gasteiger partial charge in [0.25, 0.3) is 0 Å². The second-order valence-electron chi connectivity index (χ2n) is 14.1. The van der Waals surface area contributed by atoms with Crippen LogP contribution >= 0.6 is 0 Å². The lowest BCUT2D eigenvalue weighted by Gasteiger charge is -2.19. The van der Waals surface area contributed by atoms with E-state index in [0.29, 0.717) is 5.56 Å². The molecule has 0 aliphatic rings. The van der Waals surface area contributed by atoms with Crippen molar-refractivity contribution in [3.8, 4) is 45.3 Å². The van der Waals surface area contributed by atoms with Crippen LogP contribution in [-0.4, -0.2) is 14.5 Å². The number of rotatable bonds is 4. The highest BCUT2D eigenvalue weighted by Crippen LogP contribution is 2.47. The summed E-state index contributed by atoms with van der Waals surface area (Å²) in [5.41, 5.74) is 10.6. The second kappa shape index (κ2) is 12.2. The standard InChI is InChI=1S/C51H30N4/c52-30-32-19-24-47-44(28-32)45-29-34(20-25-48(45)55(47)49-26-21-33-10-1-8-18-46(33)54-49)50-39-14-4-6-16-41(39)51(42-17-7-5-15-40(42)50)43-23-22-36(35-11-9-27-53-31-35)37-12-2-3-13-38(37)43/h1-29,31H. The Kier molecular flexibility index (Phi) is 6.89. The molecule has 0 fully saturated rings. The fourth-order valence-electron chi connectivity index (χ4n) is 8.70. The van der Waals surface area contributed by atoms with Crippen molar-refractivity contribution in [2.45, 2.75) is 0 Å². The molecular weight excluding hydrogens is 669 g/mol. The van der Waals surface area contributed by atoms with Crippen molar-refractivity contribution in [1.82, 2.24) is 14.5 Å². The van der Waals surface area contributed by atoms with Crippen LogP contribution in [0.2, 0.25) is 0 Å². The number of para-hydroxylation sites is 1. The third-order valence-corrected chi connectivity index (χ3v) is 11.1. The van der Waals surface area contributed by atoms with Gasteiger partial charge in [0.15, 0.2) is 0 Å². The van der Waals surface area contributed by atoms with E-state index in [0.717, 1.165) is 49.7 Å². The number of aromatic nitrogens is 3. The number of nitriles is 1. The van der Waals surface area contributed by atoms with Gasteiger partial charge in [-0.1, -0.05) is 115 Å². The van der Waals surface area contributed by atoms with Crippen LogP contribution in [-0.2, 0) is 0 Å². The normalized spacial score (nSPS) is 11.6. The molecular formula is C51H30N4. The van der Waals surface area contributed by atoms with Crippen molar-refractivity contribution in [2.75, 3.05) is 0 Å². The summed E-state index contributed by atoms with van der Waals surface area (Å²) in [7, 11) is 0. The monoisotopic (exact) mass is 698 g/mol. The van der Waals surface area contributed by atoms with E-state index < -0.39 is 0 Å². The molecule has 0 saturated heterocycles. The number of hydrogen-bond donors (Lipinski definition) is 0. The Balaban J connectivity index is 1.19. The molecule has 4 nitrogen and oxygen atoms in total. The number of pyridine rings is 2. The molecule has 0 unspecified atom stereocenters. The van der Waals surface area contributed by atoms with Gasteiger partial charge in [0, 0.05) is 34.1 Å². The SMILES string of the molecule is N#Cc1ccc2c(c1)c1cc(-c3c4ccccc4c(-c4ccc(-c5cccnc5)c5ccccc45)c4ccccc34)ccc1n2-c1ccc2ccccc2n1. The van der Waals surface area contributed by atoms with Crippen molar-refractivity contribution in [1.29, 1.82) is 5.26 Å². The lowest BCUT2D eigenvalue weighted by atomic mass is 9.83. The van der Waals surface area contributed by atoms with Gasteiger partial charge in [-0.3, -0.25) is 9.55 Å². The maximum absolute atomic E-state index is 9.97. The maximum atomic E-state index is 9.97. The lowest BCUT2D eigenvalue weighted by molar-refractivity contribution is 1.10. The molecule has 0 saturated carbocycles. The van der Waals surface area contributed by atoms with Crippen LogP contribution in [0.15, 0.2) is 182 Å². The van der Waals surface area contributed by atoms with Crippen LogP contribution in [0.25, 0.3) is 104 Å². The predicted octanol–water partition coefficient (Wildman–Crippen LogP) is 13.1. The van der Waals surface area contributed by atoms with Crippen molar-refractivity contribution in [3.05, 3.63) is 188 Å². The molecule has 0 aliphatic heterocycles. The first-order valence-electron chi connectivity index (χ1n) is 18.5. The number of nitrogens with zero attached hydrogens (tertiary/aromatic N) is 4. The van der Waals surface area contributed by atoms with Gasteiger partial charge >= 0.3 is 0 Å². The molecule has 0 radical (unpaired) electrons. The van der Waals surface area contributed by atoms with E-state index in [4.69, 9.17) is 4.98 Å². The van der Waals surface area contributed by atoms with Crippen LogP contribution in [0.3, 0.4) is 0 Å². The molecule has 0 amide bonds. The number of hydrogen-bond acceptors (Lipinski definition) is 3. The fraction of sp³-hybridized carbons (Fsp3) is 0. The van der Waals surface area contributed by atoms with E-state index in [1.165, 1.54) is 54.6 Å². The van der Waals surface area contributed by atoms with E-state index in [-0.39, 0.29) is 0 Å². The summed E-state index contributed by atoms with van der Waals surface area (Å²) in [5, 5.41) is 20.3. The van der Waals surface area contributed by atoms with Crippen molar-refractivity contribution >= 4 is 65.0 Å². The van der Waals surface area contributed by atoms with E-state index in [2.05, 4.69) is 149 Å². The molecule has 0 bridgehead atoms. The quantitative estimate of drug-likeness (QED) is 0.172. The molecule has 3 heterocycles. The summed E-state index contributed by atoms with van der Waals surface area (Å²) in [6, 6.07) is 62.5. The van der Waals surface area contributed by atoms with Gasteiger partial charge in [0.1, 0.15) is 5.82 Å². The summed E-state index contributed by atoms with van der Waals surface area (Å²) in [6.07, 6.45) is 3.76. The highest BCUT2D eigenvalue weighted by molar-refractivity contribution is 6.25. The van der Waals surface area contributed by atoms with Crippen LogP contribution in [0.4, 0.5) is 0 Å². The van der Waals surface area contributed by atoms with E-state index in [9.17, 15) is 5.26 Å². The molecule has 254 valence electrons. The highest BCUT2D eigenvalue weighted by Gasteiger charge is 2.21. The van der Waals surface area contributed by atoms with E-state index >= 15 is 0 Å². The molecule has 11 rings (SSSR count). The zero-order valence-corrected chi connectivity index (χ0v) is 29.6. The molecule has 0 spiro atoms. The number of benzene rings is 8. The minimum absolute atomic E-state index is 0.630. The van der Waals surface area contributed by atoms with Crippen molar-refractivity contribution < 1.29 is 0 Å². The van der Waals surface area contributed by atoms with Crippen LogP contribution in [0, 0.1) is 11.3 Å². The van der Waals surface area contributed by atoms with Crippen molar-refractivity contribution in [2.24, 2.45) is 0 Å². The summed E-state index contributed by atoms with van der Waals surface area (Å²) < 4.78 is 2.22. The lowest BCUT2D eigenvalue weighted by Crippen LogP contribution is -1.97. The maximum Gasteiger partial charge on any atom is 0.138 e. The van der Waals surface area contributed by atoms with E-state index in [1.807, 2.05) is 48.8 Å². The average molecular weight is 699 g/mol. The largest absolute Gasteiger partial charge is 0.294 e. The minimum atomic E-state index is 0.630. The Morgan fingerprint density at radius 2 is 1.07 bits per heavy atom. The Hall–Kier alpha value is -7.61. The first-order chi connectivity index (χ1) is 27.2. The van der Waals surface area contributed by atoms with Crippen LogP contribution < -0.4 is 0 Å². The molecule has 4 heteroatoms. The molecule has 11 aromatic rings. The molecule has 0 atom stereocenters.